The van der Waals surface area contributed by atoms with Gasteiger partial charge in [-0.25, -0.2) is 4.39 Å². The van der Waals surface area contributed by atoms with E-state index >= 15 is 0 Å². The molecule has 0 heterocycles. The minimum Gasteiger partial charge on any atom is -0.497 e. The number of nitrogens with zero attached hydrogens (tertiary/aromatic N) is 1. The fraction of sp³-hybridized carbons (Fsp3) is 0.417. The number of carbonyl (C=O) groups excluding carboxylic acids is 2. The van der Waals surface area contributed by atoms with Crippen LogP contribution in [-0.4, -0.2) is 35.4 Å². The first-order chi connectivity index (χ1) is 14.1. The third-order valence-electron chi connectivity index (χ3n) is 4.66. The molecule has 5 nitrogen and oxygen atoms in total. The summed E-state index contributed by atoms with van der Waals surface area (Å²) in [5.41, 5.74) is 1.19. The van der Waals surface area contributed by atoms with E-state index in [1.54, 1.807) is 24.1 Å². The molecule has 2 aromatic carbocycles. The van der Waals surface area contributed by atoms with Gasteiger partial charge in [-0.15, -0.1) is 0 Å². The first kappa shape index (κ1) is 23.4. The minimum absolute atomic E-state index is 0.0930. The van der Waals surface area contributed by atoms with Gasteiger partial charge in [0.1, 0.15) is 17.6 Å². The van der Waals surface area contributed by atoms with Crippen LogP contribution in [0.3, 0.4) is 0 Å². The molecular formula is C24H31FN2O3. The van der Waals surface area contributed by atoms with Crippen LogP contribution in [0.15, 0.2) is 48.5 Å². The average molecular weight is 415 g/mol. The number of methoxy groups -OCH3 is 1. The summed E-state index contributed by atoms with van der Waals surface area (Å²) in [4.78, 5) is 27.8. The summed E-state index contributed by atoms with van der Waals surface area (Å²) in [6.07, 6.45) is 0.572. The van der Waals surface area contributed by atoms with E-state index in [9.17, 15) is 14.0 Å². The number of halogens is 1. The fourth-order valence-electron chi connectivity index (χ4n) is 3.18. The minimum atomic E-state index is -0.612. The number of amides is 2. The lowest BCUT2D eigenvalue weighted by atomic mass is 10.0. The van der Waals surface area contributed by atoms with Crippen LogP contribution < -0.4 is 10.1 Å². The highest BCUT2D eigenvalue weighted by molar-refractivity contribution is 5.88. The lowest BCUT2D eigenvalue weighted by Gasteiger charge is -2.33. The molecule has 0 aliphatic carbocycles. The van der Waals surface area contributed by atoms with Crippen molar-refractivity contribution in [2.24, 2.45) is 0 Å². The van der Waals surface area contributed by atoms with E-state index < -0.39 is 11.6 Å². The van der Waals surface area contributed by atoms with Crippen molar-refractivity contribution in [2.75, 3.05) is 7.11 Å². The second-order valence-electron chi connectivity index (χ2n) is 8.34. The molecule has 2 aromatic rings. The number of hydrogen-bond donors (Lipinski definition) is 1. The standard InChI is InChI=1S/C24H31FN2O3/c1-6-21(23(29)26-24(2,3)4)27(16-18-9-13-20(30-5)14-10-18)22(28)15-17-7-11-19(25)12-8-17/h7-14,21H,6,15-16H2,1-5H3,(H,26,29). The van der Waals surface area contributed by atoms with Gasteiger partial charge in [-0.05, 0) is 62.6 Å². The number of nitrogens with one attached hydrogen (secondary N) is 1. The average Bonchev–Trinajstić information content (AvgIpc) is 2.68. The second-order valence-corrected chi connectivity index (χ2v) is 8.34. The Kier molecular flexibility index (Phi) is 7.98. The Labute approximate surface area is 178 Å². The molecule has 2 rings (SSSR count). The zero-order chi connectivity index (χ0) is 22.3. The summed E-state index contributed by atoms with van der Waals surface area (Å²) in [7, 11) is 1.59. The predicted octanol–water partition coefficient (Wildman–Crippen LogP) is 4.10. The SMILES string of the molecule is CCC(C(=O)NC(C)(C)C)N(Cc1ccc(OC)cc1)C(=O)Cc1ccc(F)cc1. The molecule has 0 saturated carbocycles. The number of benzene rings is 2. The Morgan fingerprint density at radius 1 is 1.03 bits per heavy atom. The van der Waals surface area contributed by atoms with Crippen LogP contribution in [0.25, 0.3) is 0 Å². The highest BCUT2D eigenvalue weighted by Crippen LogP contribution is 2.18. The summed E-state index contributed by atoms with van der Waals surface area (Å²) in [5.74, 6) is -0.00274. The largest absolute Gasteiger partial charge is 0.497 e. The topological polar surface area (TPSA) is 58.6 Å². The molecule has 6 heteroatoms. The monoisotopic (exact) mass is 414 g/mol. The van der Waals surface area contributed by atoms with E-state index in [2.05, 4.69) is 5.32 Å². The van der Waals surface area contributed by atoms with E-state index in [0.29, 0.717) is 18.5 Å². The van der Waals surface area contributed by atoms with Crippen LogP contribution in [0.5, 0.6) is 5.75 Å². The molecule has 0 fully saturated rings. The van der Waals surface area contributed by atoms with Crippen molar-refractivity contribution in [3.05, 3.63) is 65.5 Å². The van der Waals surface area contributed by atoms with Gasteiger partial charge in [0.2, 0.25) is 11.8 Å². The van der Waals surface area contributed by atoms with Crippen molar-refractivity contribution in [3.8, 4) is 5.75 Å². The van der Waals surface area contributed by atoms with Crippen LogP contribution in [0.2, 0.25) is 0 Å². The molecule has 0 saturated heterocycles. The quantitative estimate of drug-likeness (QED) is 0.708. The van der Waals surface area contributed by atoms with Crippen molar-refractivity contribution >= 4 is 11.8 Å². The van der Waals surface area contributed by atoms with Crippen molar-refractivity contribution in [2.45, 2.75) is 58.7 Å². The molecule has 1 atom stereocenters. The third-order valence-corrected chi connectivity index (χ3v) is 4.66. The van der Waals surface area contributed by atoms with Gasteiger partial charge in [0.25, 0.3) is 0 Å². The molecule has 0 bridgehead atoms. The van der Waals surface area contributed by atoms with Crippen molar-refractivity contribution < 1.29 is 18.7 Å². The van der Waals surface area contributed by atoms with Gasteiger partial charge in [0, 0.05) is 12.1 Å². The van der Waals surface area contributed by atoms with Crippen LogP contribution in [-0.2, 0) is 22.6 Å². The van der Waals surface area contributed by atoms with Gasteiger partial charge < -0.3 is 15.0 Å². The lowest BCUT2D eigenvalue weighted by Crippen LogP contribution is -2.53. The van der Waals surface area contributed by atoms with E-state index in [1.807, 2.05) is 52.0 Å². The van der Waals surface area contributed by atoms with Crippen molar-refractivity contribution in [1.82, 2.24) is 10.2 Å². The molecule has 0 aliphatic rings. The highest BCUT2D eigenvalue weighted by Gasteiger charge is 2.30. The molecule has 2 amide bonds. The molecule has 1 N–H and O–H groups in total. The Morgan fingerprint density at radius 2 is 1.60 bits per heavy atom. The highest BCUT2D eigenvalue weighted by atomic mass is 19.1. The lowest BCUT2D eigenvalue weighted by molar-refractivity contribution is -0.141. The van der Waals surface area contributed by atoms with E-state index in [0.717, 1.165) is 11.3 Å². The number of carbonyl (C=O) groups is 2. The first-order valence-electron chi connectivity index (χ1n) is 10.1. The van der Waals surface area contributed by atoms with E-state index in [-0.39, 0.29) is 24.1 Å². The van der Waals surface area contributed by atoms with Crippen molar-refractivity contribution in [3.63, 3.8) is 0 Å². The third kappa shape index (κ3) is 6.87. The Hall–Kier alpha value is -2.89. The zero-order valence-corrected chi connectivity index (χ0v) is 18.4. The number of rotatable bonds is 8. The smallest absolute Gasteiger partial charge is 0.243 e. The predicted molar refractivity (Wildman–Crippen MR) is 116 cm³/mol. The first-order valence-corrected chi connectivity index (χ1v) is 10.1. The Balaban J connectivity index is 2.29. The molecule has 1 unspecified atom stereocenters. The molecule has 0 radical (unpaired) electrons. The molecular weight excluding hydrogens is 383 g/mol. The summed E-state index contributed by atoms with van der Waals surface area (Å²) in [5, 5.41) is 2.98. The zero-order valence-electron chi connectivity index (χ0n) is 18.4. The van der Waals surface area contributed by atoms with Gasteiger partial charge in [-0.1, -0.05) is 31.2 Å². The molecule has 162 valence electrons. The Bertz CT molecular complexity index is 842. The maximum absolute atomic E-state index is 13.2. The number of ether oxygens (including phenoxy) is 1. The van der Waals surface area contributed by atoms with Gasteiger partial charge >= 0.3 is 0 Å². The van der Waals surface area contributed by atoms with Gasteiger partial charge in [0.15, 0.2) is 0 Å². The van der Waals surface area contributed by atoms with Crippen molar-refractivity contribution in [1.29, 1.82) is 0 Å². The van der Waals surface area contributed by atoms with Crippen LogP contribution in [0.4, 0.5) is 4.39 Å². The summed E-state index contributed by atoms with van der Waals surface area (Å²) in [6.45, 7) is 7.91. The maximum atomic E-state index is 13.2. The summed E-state index contributed by atoms with van der Waals surface area (Å²) in [6, 6.07) is 12.7. The molecule has 30 heavy (non-hydrogen) atoms. The van der Waals surface area contributed by atoms with Crippen LogP contribution in [0, 0.1) is 5.82 Å². The molecule has 0 aromatic heterocycles. The summed E-state index contributed by atoms with van der Waals surface area (Å²) < 4.78 is 18.4. The van der Waals surface area contributed by atoms with E-state index in [4.69, 9.17) is 4.74 Å². The number of hydrogen-bond acceptors (Lipinski definition) is 3. The molecule has 0 spiro atoms. The maximum Gasteiger partial charge on any atom is 0.243 e. The van der Waals surface area contributed by atoms with Gasteiger partial charge in [0.05, 0.1) is 13.5 Å². The molecule has 0 aliphatic heterocycles. The fourth-order valence-corrected chi connectivity index (χ4v) is 3.18. The summed E-state index contributed by atoms with van der Waals surface area (Å²) >= 11 is 0. The Morgan fingerprint density at radius 3 is 2.10 bits per heavy atom. The van der Waals surface area contributed by atoms with E-state index in [1.165, 1.54) is 12.1 Å². The van der Waals surface area contributed by atoms with Gasteiger partial charge in [-0.2, -0.15) is 0 Å². The van der Waals surface area contributed by atoms with Crippen LogP contribution >= 0.6 is 0 Å². The van der Waals surface area contributed by atoms with Crippen LogP contribution in [0.1, 0.15) is 45.2 Å². The second kappa shape index (κ2) is 10.2. The van der Waals surface area contributed by atoms with Gasteiger partial charge in [-0.3, -0.25) is 9.59 Å². The normalized spacial score (nSPS) is 12.2.